The van der Waals surface area contributed by atoms with E-state index in [1.54, 1.807) is 0 Å². The average molecular weight is 332 g/mol. The molecule has 0 bridgehead atoms. The van der Waals surface area contributed by atoms with Gasteiger partial charge in [-0.15, -0.1) is 0 Å². The van der Waals surface area contributed by atoms with Crippen molar-refractivity contribution in [3.8, 4) is 6.07 Å². The topological polar surface area (TPSA) is 56.3 Å². The van der Waals surface area contributed by atoms with E-state index < -0.39 is 0 Å². The summed E-state index contributed by atoms with van der Waals surface area (Å²) in [6, 6.07) is 18.1. The third kappa shape index (κ3) is 2.97. The summed E-state index contributed by atoms with van der Waals surface area (Å²) >= 11 is 0. The summed E-state index contributed by atoms with van der Waals surface area (Å²) in [7, 11) is 0. The monoisotopic (exact) mass is 332 g/mol. The van der Waals surface area contributed by atoms with Crippen LogP contribution in [0.3, 0.4) is 0 Å². The van der Waals surface area contributed by atoms with E-state index in [9.17, 15) is 5.26 Å². The van der Waals surface area contributed by atoms with Crippen molar-refractivity contribution >= 4 is 16.8 Å². The molecule has 1 saturated heterocycles. The lowest BCUT2D eigenvalue weighted by atomic mass is 10.1. The molecular weight excluding hydrogens is 312 g/mol. The Balaban J connectivity index is 1.47. The summed E-state index contributed by atoms with van der Waals surface area (Å²) in [5, 5.41) is 9.30. The van der Waals surface area contributed by atoms with E-state index in [4.69, 9.17) is 4.42 Å². The summed E-state index contributed by atoms with van der Waals surface area (Å²) in [6.07, 6.45) is 0. The SMILES string of the molecule is CC(c1nc2ccccc2o1)N1CCN(c2ccccc2C#N)CC1. The zero-order chi connectivity index (χ0) is 17.2. The lowest BCUT2D eigenvalue weighted by Gasteiger charge is -2.38. The molecule has 4 rings (SSSR count). The first-order valence-electron chi connectivity index (χ1n) is 8.60. The van der Waals surface area contributed by atoms with Crippen molar-refractivity contribution in [3.05, 3.63) is 60.0 Å². The van der Waals surface area contributed by atoms with Crippen LogP contribution in [0.25, 0.3) is 11.1 Å². The van der Waals surface area contributed by atoms with Crippen LogP contribution in [0.2, 0.25) is 0 Å². The highest BCUT2D eigenvalue weighted by atomic mass is 16.3. The molecule has 1 unspecified atom stereocenters. The Bertz CT molecular complexity index is 886. The molecule has 1 aliphatic heterocycles. The van der Waals surface area contributed by atoms with Gasteiger partial charge in [0, 0.05) is 26.2 Å². The Morgan fingerprint density at radius 2 is 1.76 bits per heavy atom. The Morgan fingerprint density at radius 3 is 2.52 bits per heavy atom. The number of piperazine rings is 1. The molecule has 25 heavy (non-hydrogen) atoms. The van der Waals surface area contributed by atoms with E-state index >= 15 is 0 Å². The number of para-hydroxylation sites is 3. The van der Waals surface area contributed by atoms with Crippen molar-refractivity contribution in [2.24, 2.45) is 0 Å². The minimum absolute atomic E-state index is 0.140. The highest BCUT2D eigenvalue weighted by Gasteiger charge is 2.26. The van der Waals surface area contributed by atoms with Crippen molar-refractivity contribution in [1.82, 2.24) is 9.88 Å². The fourth-order valence-electron chi connectivity index (χ4n) is 3.42. The van der Waals surface area contributed by atoms with Gasteiger partial charge >= 0.3 is 0 Å². The largest absolute Gasteiger partial charge is 0.439 e. The third-order valence-corrected chi connectivity index (χ3v) is 4.89. The van der Waals surface area contributed by atoms with Crippen molar-refractivity contribution in [3.63, 3.8) is 0 Å². The van der Waals surface area contributed by atoms with Crippen LogP contribution >= 0.6 is 0 Å². The first kappa shape index (κ1) is 15.7. The normalized spacial score (nSPS) is 16.7. The number of nitriles is 1. The van der Waals surface area contributed by atoms with E-state index in [2.05, 4.69) is 27.8 Å². The average Bonchev–Trinajstić information content (AvgIpc) is 3.12. The number of hydrogen-bond acceptors (Lipinski definition) is 5. The molecule has 0 aliphatic carbocycles. The van der Waals surface area contributed by atoms with Crippen LogP contribution in [-0.2, 0) is 0 Å². The Morgan fingerprint density at radius 1 is 1.04 bits per heavy atom. The number of oxazole rings is 1. The smallest absolute Gasteiger partial charge is 0.212 e. The molecule has 5 nitrogen and oxygen atoms in total. The second-order valence-electron chi connectivity index (χ2n) is 6.35. The second kappa shape index (κ2) is 6.58. The fourth-order valence-corrected chi connectivity index (χ4v) is 3.42. The molecule has 1 aliphatic rings. The van der Waals surface area contributed by atoms with Crippen LogP contribution < -0.4 is 4.90 Å². The molecule has 1 fully saturated rings. The van der Waals surface area contributed by atoms with Gasteiger partial charge in [-0.1, -0.05) is 24.3 Å². The maximum atomic E-state index is 9.30. The standard InChI is InChI=1S/C20H20N4O/c1-15(20-22-17-7-3-5-9-19(17)25-20)23-10-12-24(13-11-23)18-8-4-2-6-16(18)14-21/h2-9,15H,10-13H2,1H3. The molecule has 2 heterocycles. The van der Waals surface area contributed by atoms with Crippen LogP contribution in [0.1, 0.15) is 24.4 Å². The molecule has 1 aromatic heterocycles. The number of fused-ring (bicyclic) bond motifs is 1. The highest BCUT2D eigenvalue weighted by Crippen LogP contribution is 2.27. The molecule has 0 saturated carbocycles. The number of hydrogen-bond donors (Lipinski definition) is 0. The summed E-state index contributed by atoms with van der Waals surface area (Å²) in [6.45, 7) is 5.76. The summed E-state index contributed by atoms with van der Waals surface area (Å²) < 4.78 is 5.92. The van der Waals surface area contributed by atoms with E-state index in [1.807, 2.05) is 48.5 Å². The molecule has 3 aromatic rings. The maximum Gasteiger partial charge on any atom is 0.212 e. The van der Waals surface area contributed by atoms with Gasteiger partial charge in [0.2, 0.25) is 5.89 Å². The predicted molar refractivity (Wildman–Crippen MR) is 97.4 cm³/mol. The zero-order valence-electron chi connectivity index (χ0n) is 14.2. The van der Waals surface area contributed by atoms with Crippen molar-refractivity contribution in [2.75, 3.05) is 31.1 Å². The third-order valence-electron chi connectivity index (χ3n) is 4.89. The van der Waals surface area contributed by atoms with Gasteiger partial charge in [0.05, 0.1) is 17.3 Å². The Kier molecular flexibility index (Phi) is 4.12. The highest BCUT2D eigenvalue weighted by molar-refractivity contribution is 5.72. The number of nitrogens with zero attached hydrogens (tertiary/aromatic N) is 4. The van der Waals surface area contributed by atoms with Crippen LogP contribution in [0.5, 0.6) is 0 Å². The van der Waals surface area contributed by atoms with E-state index in [0.29, 0.717) is 0 Å². The van der Waals surface area contributed by atoms with Gasteiger partial charge in [0.15, 0.2) is 5.58 Å². The Labute approximate surface area is 147 Å². The molecule has 126 valence electrons. The second-order valence-corrected chi connectivity index (χ2v) is 6.35. The minimum atomic E-state index is 0.140. The maximum absolute atomic E-state index is 9.30. The quantitative estimate of drug-likeness (QED) is 0.734. The van der Waals surface area contributed by atoms with E-state index in [1.165, 1.54) is 0 Å². The summed E-state index contributed by atoms with van der Waals surface area (Å²) in [5.41, 5.74) is 3.51. The van der Waals surface area contributed by atoms with Gasteiger partial charge in [-0.05, 0) is 31.2 Å². The first-order valence-corrected chi connectivity index (χ1v) is 8.60. The minimum Gasteiger partial charge on any atom is -0.439 e. The lowest BCUT2D eigenvalue weighted by Crippen LogP contribution is -2.47. The molecule has 2 aromatic carbocycles. The van der Waals surface area contributed by atoms with Crippen LogP contribution in [-0.4, -0.2) is 36.1 Å². The van der Waals surface area contributed by atoms with Gasteiger partial charge in [-0.2, -0.15) is 5.26 Å². The van der Waals surface area contributed by atoms with Crippen LogP contribution in [0.15, 0.2) is 52.9 Å². The molecular formula is C20H20N4O. The molecule has 0 spiro atoms. The van der Waals surface area contributed by atoms with Crippen molar-refractivity contribution < 1.29 is 4.42 Å². The number of benzene rings is 2. The summed E-state index contributed by atoms with van der Waals surface area (Å²) in [4.78, 5) is 9.30. The first-order chi connectivity index (χ1) is 12.3. The molecule has 0 radical (unpaired) electrons. The van der Waals surface area contributed by atoms with Gasteiger partial charge in [0.25, 0.3) is 0 Å². The number of anilines is 1. The predicted octanol–water partition coefficient (Wildman–Crippen LogP) is 3.58. The number of rotatable bonds is 3. The van der Waals surface area contributed by atoms with Crippen molar-refractivity contribution in [1.29, 1.82) is 5.26 Å². The van der Waals surface area contributed by atoms with Crippen molar-refractivity contribution in [2.45, 2.75) is 13.0 Å². The molecule has 0 amide bonds. The van der Waals surface area contributed by atoms with Gasteiger partial charge in [-0.3, -0.25) is 4.90 Å². The molecule has 0 N–H and O–H groups in total. The zero-order valence-corrected chi connectivity index (χ0v) is 14.2. The van der Waals surface area contributed by atoms with Gasteiger partial charge < -0.3 is 9.32 Å². The Hall–Kier alpha value is -2.84. The fraction of sp³-hybridized carbons (Fsp3) is 0.300. The lowest BCUT2D eigenvalue weighted by molar-refractivity contribution is 0.175. The summed E-state index contributed by atoms with van der Waals surface area (Å²) in [5.74, 6) is 0.770. The van der Waals surface area contributed by atoms with Gasteiger partial charge in [0.1, 0.15) is 11.6 Å². The number of aromatic nitrogens is 1. The molecule has 5 heteroatoms. The van der Waals surface area contributed by atoms with E-state index in [0.717, 1.165) is 54.4 Å². The van der Waals surface area contributed by atoms with Crippen LogP contribution in [0.4, 0.5) is 5.69 Å². The van der Waals surface area contributed by atoms with Crippen LogP contribution in [0, 0.1) is 11.3 Å². The van der Waals surface area contributed by atoms with Gasteiger partial charge in [-0.25, -0.2) is 4.98 Å². The van der Waals surface area contributed by atoms with E-state index in [-0.39, 0.29) is 6.04 Å². The molecule has 1 atom stereocenters.